The highest BCUT2D eigenvalue weighted by atomic mass is 32.1. The van der Waals surface area contributed by atoms with E-state index in [1.54, 1.807) is 23.5 Å². The Hall–Kier alpha value is -7.41. The van der Waals surface area contributed by atoms with Gasteiger partial charge < -0.3 is 8.83 Å². The number of nitrogens with zero attached hydrogens (tertiary/aromatic N) is 3. The zero-order chi connectivity index (χ0) is 46.2. The Kier molecular flexibility index (Phi) is 5.18. The quantitative estimate of drug-likeness (QED) is 0.175. The molecule has 4 aromatic heterocycles. The van der Waals surface area contributed by atoms with Crippen LogP contribution in [0, 0.1) is 0 Å². The molecule has 0 aliphatic heterocycles. The molecule has 0 unspecified atom stereocenters. The second-order valence-electron chi connectivity index (χ2n) is 13.6. The van der Waals surface area contributed by atoms with Crippen LogP contribution in [0.2, 0.25) is 0 Å². The van der Waals surface area contributed by atoms with Crippen molar-refractivity contribution in [3.05, 3.63) is 176 Å². The van der Waals surface area contributed by atoms with E-state index in [0.717, 1.165) is 60.4 Å². The molecule has 266 valence electrons. The fourth-order valence-corrected chi connectivity index (χ4v) is 8.93. The Bertz CT molecular complexity index is 4000. The molecule has 12 aromatic rings. The van der Waals surface area contributed by atoms with E-state index in [1.807, 2.05) is 42.5 Å². The summed E-state index contributed by atoms with van der Waals surface area (Å²) in [7, 11) is 0. The third-order valence-electron chi connectivity index (χ3n) is 10.3. The van der Waals surface area contributed by atoms with Crippen molar-refractivity contribution in [2.45, 2.75) is 0 Å². The first kappa shape index (κ1) is 23.5. The molecule has 0 aliphatic rings. The van der Waals surface area contributed by atoms with E-state index in [4.69, 9.17) is 22.5 Å². The van der Waals surface area contributed by atoms with Gasteiger partial charge in [0.1, 0.15) is 22.3 Å². The number of benzene rings is 8. The van der Waals surface area contributed by atoms with Crippen LogP contribution in [0.3, 0.4) is 0 Å². The summed E-state index contributed by atoms with van der Waals surface area (Å²) in [6, 6.07) is 32.3. The Morgan fingerprint density at radius 2 is 1.00 bits per heavy atom. The number of fused-ring (bicyclic) bond motifs is 9. The van der Waals surface area contributed by atoms with Crippen LogP contribution in [0.5, 0.6) is 0 Å². The van der Waals surface area contributed by atoms with Crippen LogP contribution in [0.15, 0.2) is 185 Å². The van der Waals surface area contributed by atoms with Crippen molar-refractivity contribution < 1.29 is 22.5 Å². The molecule has 57 heavy (non-hydrogen) atoms. The van der Waals surface area contributed by atoms with Crippen molar-refractivity contribution in [2.24, 2.45) is 0 Å². The summed E-state index contributed by atoms with van der Waals surface area (Å²) in [5, 5.41) is 5.86. The SMILES string of the molecule is [2H]c1c([2H])c([2H])c(-c2nc(-c3ccc4c(c3)oc3c(-c5cc(-c6cccc7sc8ccccc8c67)c6oc7ccccc7c6c5)cccc34)nc(-c3c([2H])c([2H])c([2H])c([2H])c3[2H])n2)c([2H])c1[2H]. The van der Waals surface area contributed by atoms with Gasteiger partial charge in [-0.2, -0.15) is 0 Å². The van der Waals surface area contributed by atoms with E-state index in [1.165, 1.54) is 14.8 Å². The highest BCUT2D eigenvalue weighted by Gasteiger charge is 2.21. The van der Waals surface area contributed by atoms with Crippen molar-refractivity contribution in [2.75, 3.05) is 0 Å². The van der Waals surface area contributed by atoms with Gasteiger partial charge in [0.15, 0.2) is 17.5 Å². The van der Waals surface area contributed by atoms with Gasteiger partial charge in [0.25, 0.3) is 0 Å². The van der Waals surface area contributed by atoms with Gasteiger partial charge in [0, 0.05) is 69.5 Å². The van der Waals surface area contributed by atoms with E-state index in [9.17, 15) is 0 Å². The summed E-state index contributed by atoms with van der Waals surface area (Å²) in [4.78, 5) is 13.6. The van der Waals surface area contributed by atoms with Crippen LogP contribution in [0.4, 0.5) is 0 Å². The highest BCUT2D eigenvalue weighted by molar-refractivity contribution is 7.25. The molecule has 0 aliphatic carbocycles. The van der Waals surface area contributed by atoms with Gasteiger partial charge >= 0.3 is 0 Å². The molecule has 0 bridgehead atoms. The molecular formula is C51H29N3O2S. The van der Waals surface area contributed by atoms with Gasteiger partial charge in [-0.15, -0.1) is 11.3 Å². The molecule has 0 radical (unpaired) electrons. The largest absolute Gasteiger partial charge is 0.455 e. The van der Waals surface area contributed by atoms with Gasteiger partial charge in [0.2, 0.25) is 0 Å². The zero-order valence-corrected chi connectivity index (χ0v) is 30.4. The lowest BCUT2D eigenvalue weighted by Crippen LogP contribution is -2.00. The van der Waals surface area contributed by atoms with Gasteiger partial charge in [-0.1, -0.05) is 133 Å². The van der Waals surface area contributed by atoms with E-state index in [2.05, 4.69) is 75.6 Å². The Morgan fingerprint density at radius 3 is 1.79 bits per heavy atom. The summed E-state index contributed by atoms with van der Waals surface area (Å²) in [5.74, 6) is -0.752. The summed E-state index contributed by atoms with van der Waals surface area (Å²) < 4.78 is 100. The normalized spacial score (nSPS) is 14.3. The number of hydrogen-bond acceptors (Lipinski definition) is 6. The van der Waals surface area contributed by atoms with E-state index in [0.29, 0.717) is 16.7 Å². The molecule has 0 saturated heterocycles. The monoisotopic (exact) mass is 757 g/mol. The van der Waals surface area contributed by atoms with E-state index >= 15 is 0 Å². The van der Waals surface area contributed by atoms with Crippen LogP contribution in [0.1, 0.15) is 13.7 Å². The van der Waals surface area contributed by atoms with Gasteiger partial charge in [-0.25, -0.2) is 15.0 Å². The Labute approximate surface area is 344 Å². The predicted octanol–water partition coefficient (Wildman–Crippen LogP) is 14.4. The van der Waals surface area contributed by atoms with Crippen LogP contribution < -0.4 is 0 Å². The number of rotatable bonds is 5. The topological polar surface area (TPSA) is 65.0 Å². The number of thiophene rings is 1. The standard InChI is InChI=1S/C51H29N3O2S/c1-3-13-30(14-4-1)49-52-50(31-15-5-2-6-16-31)54-51(53-49)32-25-26-36-38-21-11-19-34(47(38)56-43(36)29-32)33-27-40-35-17-7-9-22-42(35)55-48(40)41(28-33)37-20-12-24-45-46(37)39-18-8-10-23-44(39)57-45/h1-29H/i1D,2D,3D,4D,5D,6D,13D,14D,15D,16D. The predicted molar refractivity (Wildman–Crippen MR) is 234 cm³/mol. The average Bonchev–Trinajstić information content (AvgIpc) is 4.05. The smallest absolute Gasteiger partial charge is 0.164 e. The lowest BCUT2D eigenvalue weighted by molar-refractivity contribution is 0.669. The van der Waals surface area contributed by atoms with Crippen molar-refractivity contribution in [3.8, 4) is 56.4 Å². The molecular weight excluding hydrogens is 719 g/mol. The number of hydrogen-bond donors (Lipinski definition) is 0. The van der Waals surface area contributed by atoms with Gasteiger partial charge in [0.05, 0.1) is 13.7 Å². The highest BCUT2D eigenvalue weighted by Crippen LogP contribution is 2.46. The average molecular weight is 758 g/mol. The molecule has 0 spiro atoms. The first-order valence-electron chi connectivity index (χ1n) is 23.1. The number of aromatic nitrogens is 3. The summed E-state index contributed by atoms with van der Waals surface area (Å²) >= 11 is 1.75. The summed E-state index contributed by atoms with van der Waals surface area (Å²) in [6.45, 7) is 0. The van der Waals surface area contributed by atoms with E-state index in [-0.39, 0.29) is 28.6 Å². The number of furan rings is 2. The third-order valence-corrected chi connectivity index (χ3v) is 11.5. The van der Waals surface area contributed by atoms with Crippen LogP contribution in [0.25, 0.3) is 120 Å². The zero-order valence-electron chi connectivity index (χ0n) is 39.5. The first-order valence-corrected chi connectivity index (χ1v) is 18.9. The van der Waals surface area contributed by atoms with Crippen LogP contribution in [-0.2, 0) is 0 Å². The molecule has 12 rings (SSSR count). The van der Waals surface area contributed by atoms with Gasteiger partial charge in [-0.3, -0.25) is 0 Å². The Morgan fingerprint density at radius 1 is 0.404 bits per heavy atom. The van der Waals surface area contributed by atoms with Crippen molar-refractivity contribution >= 4 is 75.4 Å². The molecule has 8 aromatic carbocycles. The number of para-hydroxylation sites is 2. The molecule has 5 nitrogen and oxygen atoms in total. The van der Waals surface area contributed by atoms with Gasteiger partial charge in [-0.05, 0) is 53.6 Å². The lowest BCUT2D eigenvalue weighted by Gasteiger charge is -2.10. The van der Waals surface area contributed by atoms with Crippen molar-refractivity contribution in [1.29, 1.82) is 0 Å². The third kappa shape index (κ3) is 5.12. The van der Waals surface area contributed by atoms with Crippen molar-refractivity contribution in [1.82, 2.24) is 15.0 Å². The maximum absolute atomic E-state index is 8.71. The van der Waals surface area contributed by atoms with Crippen LogP contribution >= 0.6 is 11.3 Å². The molecule has 0 N–H and O–H groups in total. The Balaban J connectivity index is 1.07. The fraction of sp³-hybridized carbons (Fsp3) is 0. The fourth-order valence-electron chi connectivity index (χ4n) is 7.80. The van der Waals surface area contributed by atoms with Crippen molar-refractivity contribution in [3.63, 3.8) is 0 Å². The summed E-state index contributed by atoms with van der Waals surface area (Å²) in [6.07, 6.45) is 0. The minimum Gasteiger partial charge on any atom is -0.455 e. The minimum atomic E-state index is -0.619. The molecule has 4 heterocycles. The molecule has 0 fully saturated rings. The maximum atomic E-state index is 8.71. The maximum Gasteiger partial charge on any atom is 0.164 e. The first-order chi connectivity index (χ1) is 32.4. The molecule has 0 amide bonds. The van der Waals surface area contributed by atoms with E-state index < -0.39 is 60.4 Å². The molecule has 0 saturated carbocycles. The second kappa shape index (κ2) is 12.6. The summed E-state index contributed by atoms with van der Waals surface area (Å²) in [5.41, 5.74) is 6.01. The minimum absolute atomic E-state index is 0.0572. The van der Waals surface area contributed by atoms with Crippen LogP contribution in [-0.4, -0.2) is 15.0 Å². The lowest BCUT2D eigenvalue weighted by atomic mass is 9.93. The molecule has 0 atom stereocenters. The second-order valence-corrected chi connectivity index (χ2v) is 14.7. The molecule has 6 heteroatoms.